The first-order valence-corrected chi connectivity index (χ1v) is 12.3. The average molecular weight is 479 g/mol. The lowest BCUT2D eigenvalue weighted by Gasteiger charge is -2.60. The molecule has 190 valence electrons. The molecule has 9 heteroatoms. The first-order chi connectivity index (χ1) is 16.0. The molecule has 7 atom stereocenters. The molecule has 0 radical (unpaired) electrons. The van der Waals surface area contributed by atoms with Crippen LogP contribution in [0.25, 0.3) is 0 Å². The minimum atomic E-state index is -1.26. The standard InChI is InChI=1S/C21H34N2O3.C4H4O4/c1-20-7-5-14(23-26-10-9-22)11-13(20)12-17(24)19-15-3-4-18(25)21(15,2)8-6-16(19)20;5-3(6)1-2-4(7)8/h13,15-17,19,24H,3-12,22H2,1-2H3;1-2H,(H,5,6)(H,7,8)/b;2-1+/t13?,15-,16-,17+,19-,20-,21-;/m0./s1. The van der Waals surface area contributed by atoms with Crippen molar-refractivity contribution in [3.63, 3.8) is 0 Å². The third-order valence-corrected chi connectivity index (χ3v) is 9.00. The molecule has 0 spiro atoms. The molecular formula is C25H38N2O7. The third kappa shape index (κ3) is 5.20. The first-order valence-electron chi connectivity index (χ1n) is 12.3. The Balaban J connectivity index is 0.000000350. The zero-order chi connectivity index (χ0) is 25.1. The van der Waals surface area contributed by atoms with Crippen molar-refractivity contribution in [1.82, 2.24) is 0 Å². The quantitative estimate of drug-likeness (QED) is 0.266. The van der Waals surface area contributed by atoms with E-state index in [0.29, 0.717) is 61.2 Å². The summed E-state index contributed by atoms with van der Waals surface area (Å²) in [7, 11) is 0. The number of carbonyl (C=O) groups is 3. The van der Waals surface area contributed by atoms with Gasteiger partial charge in [-0.1, -0.05) is 19.0 Å². The van der Waals surface area contributed by atoms with Gasteiger partial charge in [0.15, 0.2) is 0 Å². The number of aliphatic hydroxyl groups is 1. The van der Waals surface area contributed by atoms with E-state index < -0.39 is 11.9 Å². The molecule has 1 unspecified atom stereocenters. The fraction of sp³-hybridized carbons (Fsp3) is 0.760. The molecule has 4 fully saturated rings. The maximum Gasteiger partial charge on any atom is 0.328 e. The maximum absolute atomic E-state index is 12.5. The summed E-state index contributed by atoms with van der Waals surface area (Å²) in [4.78, 5) is 36.9. The molecule has 0 bridgehead atoms. The van der Waals surface area contributed by atoms with E-state index in [9.17, 15) is 19.5 Å². The molecular weight excluding hydrogens is 440 g/mol. The zero-order valence-electron chi connectivity index (χ0n) is 20.1. The van der Waals surface area contributed by atoms with E-state index in [1.165, 1.54) is 0 Å². The van der Waals surface area contributed by atoms with Crippen LogP contribution in [0, 0.1) is 34.5 Å². The van der Waals surface area contributed by atoms with Gasteiger partial charge in [-0.05, 0) is 74.0 Å². The van der Waals surface area contributed by atoms with Crippen molar-refractivity contribution in [3.8, 4) is 0 Å². The van der Waals surface area contributed by atoms with Crippen LogP contribution in [0.5, 0.6) is 0 Å². The fourth-order valence-corrected chi connectivity index (χ4v) is 7.22. The van der Waals surface area contributed by atoms with Gasteiger partial charge in [-0.2, -0.15) is 0 Å². The minimum absolute atomic E-state index is 0.178. The lowest BCUT2D eigenvalue weighted by molar-refractivity contribution is -0.158. The summed E-state index contributed by atoms with van der Waals surface area (Å²) in [6.07, 6.45) is 8.50. The molecule has 0 saturated heterocycles. The number of Topliss-reactive ketones (excluding diaryl/α,β-unsaturated/α-hetero) is 1. The number of rotatable bonds is 5. The van der Waals surface area contributed by atoms with E-state index in [4.69, 9.17) is 20.8 Å². The van der Waals surface area contributed by atoms with Crippen LogP contribution in [0.2, 0.25) is 0 Å². The van der Waals surface area contributed by atoms with Gasteiger partial charge in [0.25, 0.3) is 0 Å². The van der Waals surface area contributed by atoms with E-state index in [-0.39, 0.29) is 16.9 Å². The molecule has 4 saturated carbocycles. The number of hydrogen-bond donors (Lipinski definition) is 4. The Labute approximate surface area is 200 Å². The SMILES string of the molecule is C[C@]12CCC(=NOCCN)CC1C[C@@H](O)[C@@H]1[C@@H]2CC[C@]2(C)C(=O)CC[C@@H]12.O=C(O)/C=C/C(=O)O. The van der Waals surface area contributed by atoms with Crippen LogP contribution in [-0.4, -0.2) is 58.0 Å². The van der Waals surface area contributed by atoms with E-state index in [2.05, 4.69) is 19.0 Å². The van der Waals surface area contributed by atoms with Crippen LogP contribution < -0.4 is 5.73 Å². The van der Waals surface area contributed by atoms with Crippen molar-refractivity contribution in [2.45, 2.75) is 71.3 Å². The van der Waals surface area contributed by atoms with E-state index in [0.717, 1.165) is 50.7 Å². The molecule has 4 rings (SSSR count). The number of carbonyl (C=O) groups excluding carboxylic acids is 1. The van der Waals surface area contributed by atoms with Crippen LogP contribution in [0.4, 0.5) is 0 Å². The Morgan fingerprint density at radius 2 is 1.79 bits per heavy atom. The second-order valence-electron chi connectivity index (χ2n) is 10.7. The highest BCUT2D eigenvalue weighted by Crippen LogP contribution is 2.65. The van der Waals surface area contributed by atoms with Crippen molar-refractivity contribution >= 4 is 23.4 Å². The van der Waals surface area contributed by atoms with Crippen molar-refractivity contribution in [3.05, 3.63) is 12.2 Å². The lowest BCUT2D eigenvalue weighted by Crippen LogP contribution is -2.58. The number of aliphatic carboxylic acids is 2. The summed E-state index contributed by atoms with van der Waals surface area (Å²) in [5.74, 6) is -0.394. The number of ketones is 1. The average Bonchev–Trinajstić information content (AvgIpc) is 3.08. The van der Waals surface area contributed by atoms with Gasteiger partial charge in [0.1, 0.15) is 12.4 Å². The number of nitrogens with two attached hydrogens (primary N) is 1. The number of fused-ring (bicyclic) bond motifs is 5. The highest BCUT2D eigenvalue weighted by Gasteiger charge is 2.62. The second-order valence-corrected chi connectivity index (χ2v) is 10.7. The molecule has 34 heavy (non-hydrogen) atoms. The molecule has 0 heterocycles. The van der Waals surface area contributed by atoms with Gasteiger partial charge in [-0.25, -0.2) is 9.59 Å². The van der Waals surface area contributed by atoms with Gasteiger partial charge in [0, 0.05) is 30.5 Å². The number of carboxylic acids is 2. The molecule has 0 aromatic rings. The van der Waals surface area contributed by atoms with E-state index in [1.54, 1.807) is 0 Å². The molecule has 4 aliphatic rings. The van der Waals surface area contributed by atoms with Crippen LogP contribution in [0.1, 0.15) is 65.2 Å². The van der Waals surface area contributed by atoms with Gasteiger partial charge < -0.3 is 25.9 Å². The summed E-state index contributed by atoms with van der Waals surface area (Å²) >= 11 is 0. The minimum Gasteiger partial charge on any atom is -0.478 e. The Hall–Kier alpha value is -2.26. The number of nitrogens with zero attached hydrogens (tertiary/aromatic N) is 1. The van der Waals surface area contributed by atoms with Crippen molar-refractivity contribution in [2.75, 3.05) is 13.2 Å². The van der Waals surface area contributed by atoms with Gasteiger partial charge in [-0.15, -0.1) is 0 Å². The second kappa shape index (κ2) is 10.6. The summed E-state index contributed by atoms with van der Waals surface area (Å²) in [5, 5.41) is 31.0. The van der Waals surface area contributed by atoms with E-state index in [1.807, 2.05) is 0 Å². The molecule has 9 nitrogen and oxygen atoms in total. The number of hydrogen-bond acceptors (Lipinski definition) is 7. The third-order valence-electron chi connectivity index (χ3n) is 9.00. The Kier molecular flexibility index (Phi) is 8.18. The number of oxime groups is 1. The normalized spacial score (nSPS) is 40.1. The van der Waals surface area contributed by atoms with Crippen LogP contribution in [0.3, 0.4) is 0 Å². The van der Waals surface area contributed by atoms with Crippen molar-refractivity contribution in [2.24, 2.45) is 45.4 Å². The lowest BCUT2D eigenvalue weighted by atomic mass is 9.44. The summed E-state index contributed by atoms with van der Waals surface area (Å²) in [6, 6.07) is 0. The molecule has 0 aromatic heterocycles. The predicted molar refractivity (Wildman–Crippen MR) is 125 cm³/mol. The van der Waals surface area contributed by atoms with Crippen molar-refractivity contribution < 1.29 is 34.5 Å². The fourth-order valence-electron chi connectivity index (χ4n) is 7.22. The summed E-state index contributed by atoms with van der Waals surface area (Å²) in [6.45, 7) is 5.56. The highest BCUT2D eigenvalue weighted by atomic mass is 16.6. The predicted octanol–water partition coefficient (Wildman–Crippen LogP) is 2.61. The van der Waals surface area contributed by atoms with Gasteiger partial charge in [0.2, 0.25) is 0 Å². The van der Waals surface area contributed by atoms with Crippen LogP contribution in [-0.2, 0) is 19.2 Å². The molecule has 0 aromatic carbocycles. The van der Waals surface area contributed by atoms with Gasteiger partial charge in [0.05, 0.1) is 11.8 Å². The maximum atomic E-state index is 12.5. The number of aliphatic hydroxyl groups excluding tert-OH is 1. The largest absolute Gasteiger partial charge is 0.478 e. The van der Waals surface area contributed by atoms with Gasteiger partial charge >= 0.3 is 11.9 Å². The Bertz CT molecular complexity index is 840. The number of carboxylic acid groups (broad SMARTS) is 2. The topological polar surface area (TPSA) is 160 Å². The molecule has 0 amide bonds. The smallest absolute Gasteiger partial charge is 0.328 e. The summed E-state index contributed by atoms with van der Waals surface area (Å²) < 4.78 is 0. The highest BCUT2D eigenvalue weighted by molar-refractivity contribution is 5.89. The Morgan fingerprint density at radius 1 is 1.12 bits per heavy atom. The van der Waals surface area contributed by atoms with Crippen LogP contribution >= 0.6 is 0 Å². The summed E-state index contributed by atoms with van der Waals surface area (Å²) in [5.41, 5.74) is 6.68. The van der Waals surface area contributed by atoms with E-state index >= 15 is 0 Å². The van der Waals surface area contributed by atoms with Crippen LogP contribution in [0.15, 0.2) is 17.3 Å². The first kappa shape index (κ1) is 26.3. The Morgan fingerprint density at radius 3 is 2.41 bits per heavy atom. The van der Waals surface area contributed by atoms with Crippen molar-refractivity contribution in [1.29, 1.82) is 0 Å². The molecule has 0 aliphatic heterocycles. The molecule has 4 aliphatic carbocycles. The molecule has 5 N–H and O–H groups in total. The monoisotopic (exact) mass is 478 g/mol. The zero-order valence-corrected chi connectivity index (χ0v) is 20.1. The van der Waals surface area contributed by atoms with Gasteiger partial charge in [-0.3, -0.25) is 4.79 Å².